The number of ether oxygens (including phenoxy) is 3. The van der Waals surface area contributed by atoms with Crippen LogP contribution in [0.5, 0.6) is 11.5 Å². The second kappa shape index (κ2) is 11.7. The lowest BCUT2D eigenvalue weighted by molar-refractivity contribution is -0.140. The minimum absolute atomic E-state index is 0.188. The van der Waals surface area contributed by atoms with Crippen LogP contribution < -0.4 is 24.4 Å². The fraction of sp³-hybridized carbons (Fsp3) is 0.214. The number of allylic oxidation sites excluding steroid dienone is 1. The molecule has 196 valence electrons. The van der Waals surface area contributed by atoms with E-state index in [1.54, 1.807) is 62.4 Å². The van der Waals surface area contributed by atoms with Crippen molar-refractivity contribution in [3.05, 3.63) is 103 Å². The molecule has 1 unspecified atom stereocenters. The molecule has 1 N–H and O–H groups in total. The monoisotopic (exact) mass is 534 g/mol. The van der Waals surface area contributed by atoms with Gasteiger partial charge in [-0.15, -0.1) is 0 Å². The van der Waals surface area contributed by atoms with Gasteiger partial charge >= 0.3 is 11.9 Å². The molecule has 0 saturated heterocycles. The average Bonchev–Trinajstić information content (AvgIpc) is 3.20. The van der Waals surface area contributed by atoms with Crippen LogP contribution in [0.3, 0.4) is 0 Å². The highest BCUT2D eigenvalue weighted by atomic mass is 32.1. The van der Waals surface area contributed by atoms with E-state index in [1.165, 1.54) is 15.9 Å². The van der Waals surface area contributed by atoms with Crippen LogP contribution in [0.15, 0.2) is 82.2 Å². The summed E-state index contributed by atoms with van der Waals surface area (Å²) in [5, 5.41) is 8.77. The van der Waals surface area contributed by atoms with Crippen LogP contribution in [0.2, 0.25) is 0 Å². The molecule has 1 aliphatic rings. The summed E-state index contributed by atoms with van der Waals surface area (Å²) >= 11 is 1.22. The molecule has 1 aromatic heterocycles. The Bertz CT molecular complexity index is 1570. The number of nitrogens with zero attached hydrogens (tertiary/aromatic N) is 2. The smallest absolute Gasteiger partial charge is 0.341 e. The molecule has 10 heteroatoms. The fourth-order valence-electron chi connectivity index (χ4n) is 3.97. The van der Waals surface area contributed by atoms with Gasteiger partial charge in [0.25, 0.3) is 5.56 Å². The first-order valence-electron chi connectivity index (χ1n) is 11.8. The first kappa shape index (κ1) is 26.6. The standard InChI is InChI=1S/C28H26N2O7S/c1-4-14-36-20-12-8-19(9-13-20)25-24(27(34)35-5-2)17(3)29-28-30(25)26(33)22(38-28)15-18-6-10-21(11-7-18)37-16-23(31)32/h4,6-13,15,25H,1,5,14,16H2,2-3H3,(H,31,32)/b22-15+. The van der Waals surface area contributed by atoms with E-state index in [0.717, 1.165) is 5.56 Å². The quantitative estimate of drug-likeness (QED) is 0.314. The largest absolute Gasteiger partial charge is 0.490 e. The first-order chi connectivity index (χ1) is 18.3. The predicted molar refractivity (Wildman–Crippen MR) is 142 cm³/mol. The Kier molecular flexibility index (Phi) is 8.22. The Labute approximate surface area is 222 Å². The van der Waals surface area contributed by atoms with Crippen molar-refractivity contribution in [2.24, 2.45) is 4.99 Å². The number of carboxylic acids is 1. The van der Waals surface area contributed by atoms with Gasteiger partial charge in [0.15, 0.2) is 11.4 Å². The number of aliphatic carboxylic acids is 1. The van der Waals surface area contributed by atoms with E-state index in [2.05, 4.69) is 11.6 Å². The van der Waals surface area contributed by atoms with Crippen LogP contribution >= 0.6 is 11.3 Å². The molecule has 0 fully saturated rings. The van der Waals surface area contributed by atoms with Crippen molar-refractivity contribution >= 4 is 29.4 Å². The molecule has 0 aliphatic carbocycles. The third-order valence-corrected chi connectivity index (χ3v) is 6.60. The van der Waals surface area contributed by atoms with Gasteiger partial charge in [0.2, 0.25) is 0 Å². The Morgan fingerprint density at radius 1 is 1.11 bits per heavy atom. The van der Waals surface area contributed by atoms with Crippen LogP contribution in [-0.2, 0) is 14.3 Å². The normalized spacial score (nSPS) is 14.9. The van der Waals surface area contributed by atoms with Crippen molar-refractivity contribution < 1.29 is 28.9 Å². The van der Waals surface area contributed by atoms with E-state index in [1.807, 2.05) is 12.1 Å². The summed E-state index contributed by atoms with van der Waals surface area (Å²) in [6, 6.07) is 13.2. The first-order valence-corrected chi connectivity index (χ1v) is 12.6. The number of esters is 1. The van der Waals surface area contributed by atoms with E-state index >= 15 is 0 Å². The molecule has 2 aromatic carbocycles. The zero-order valence-electron chi connectivity index (χ0n) is 20.9. The third-order valence-electron chi connectivity index (χ3n) is 5.62. The number of carboxylic acid groups (broad SMARTS) is 1. The van der Waals surface area contributed by atoms with Gasteiger partial charge in [-0.3, -0.25) is 9.36 Å². The maximum atomic E-state index is 13.7. The number of hydrogen-bond acceptors (Lipinski definition) is 8. The van der Waals surface area contributed by atoms with Gasteiger partial charge in [0.05, 0.1) is 28.5 Å². The summed E-state index contributed by atoms with van der Waals surface area (Å²) in [5.41, 5.74) is 1.91. The third kappa shape index (κ3) is 5.76. The zero-order chi connectivity index (χ0) is 27.2. The molecular weight excluding hydrogens is 508 g/mol. The Hall–Kier alpha value is -4.44. The van der Waals surface area contributed by atoms with Crippen molar-refractivity contribution in [3.8, 4) is 11.5 Å². The number of carbonyl (C=O) groups is 2. The number of benzene rings is 2. The van der Waals surface area contributed by atoms with Crippen molar-refractivity contribution in [3.63, 3.8) is 0 Å². The van der Waals surface area contributed by atoms with Gasteiger partial charge in [-0.1, -0.05) is 48.3 Å². The molecule has 0 saturated carbocycles. The average molecular weight is 535 g/mol. The van der Waals surface area contributed by atoms with Crippen molar-refractivity contribution in [2.75, 3.05) is 19.8 Å². The number of rotatable bonds is 10. The molecule has 9 nitrogen and oxygen atoms in total. The molecule has 0 spiro atoms. The minimum Gasteiger partial charge on any atom is -0.490 e. The van der Waals surface area contributed by atoms with Gasteiger partial charge in [0.1, 0.15) is 18.1 Å². The van der Waals surface area contributed by atoms with E-state index in [9.17, 15) is 14.4 Å². The van der Waals surface area contributed by atoms with Crippen LogP contribution in [0.1, 0.15) is 31.0 Å². The van der Waals surface area contributed by atoms with E-state index in [0.29, 0.717) is 44.3 Å². The number of fused-ring (bicyclic) bond motifs is 1. The zero-order valence-corrected chi connectivity index (χ0v) is 21.7. The summed E-state index contributed by atoms with van der Waals surface area (Å²) in [6.45, 7) is 7.20. The maximum Gasteiger partial charge on any atom is 0.341 e. The minimum atomic E-state index is -1.07. The highest BCUT2D eigenvalue weighted by Crippen LogP contribution is 2.31. The lowest BCUT2D eigenvalue weighted by Gasteiger charge is -2.24. The van der Waals surface area contributed by atoms with Gasteiger partial charge < -0.3 is 19.3 Å². The summed E-state index contributed by atoms with van der Waals surface area (Å²) in [5.74, 6) is -0.561. The fourth-order valence-corrected chi connectivity index (χ4v) is 5.01. The van der Waals surface area contributed by atoms with Crippen LogP contribution in [0.25, 0.3) is 6.08 Å². The van der Waals surface area contributed by atoms with Crippen molar-refractivity contribution in [1.82, 2.24) is 4.57 Å². The molecule has 0 radical (unpaired) electrons. The highest BCUT2D eigenvalue weighted by molar-refractivity contribution is 7.07. The molecule has 4 rings (SSSR count). The Morgan fingerprint density at radius 3 is 2.39 bits per heavy atom. The molecule has 3 aromatic rings. The van der Waals surface area contributed by atoms with E-state index in [4.69, 9.17) is 19.3 Å². The Balaban J connectivity index is 1.78. The Morgan fingerprint density at radius 2 is 1.76 bits per heavy atom. The van der Waals surface area contributed by atoms with Crippen molar-refractivity contribution in [2.45, 2.75) is 19.9 Å². The van der Waals surface area contributed by atoms with Crippen LogP contribution in [0, 0.1) is 0 Å². The van der Waals surface area contributed by atoms with E-state index < -0.39 is 24.6 Å². The summed E-state index contributed by atoms with van der Waals surface area (Å²) in [6.07, 6.45) is 3.37. The van der Waals surface area contributed by atoms with Gasteiger partial charge in [0, 0.05) is 0 Å². The molecule has 1 aliphatic heterocycles. The molecule has 38 heavy (non-hydrogen) atoms. The number of carbonyl (C=O) groups excluding carboxylic acids is 1. The lowest BCUT2D eigenvalue weighted by Crippen LogP contribution is -2.39. The molecule has 0 amide bonds. The number of thiazole rings is 1. The second-order valence-corrected chi connectivity index (χ2v) is 9.23. The lowest BCUT2D eigenvalue weighted by atomic mass is 9.96. The van der Waals surface area contributed by atoms with Crippen LogP contribution in [-0.4, -0.2) is 41.4 Å². The van der Waals surface area contributed by atoms with Crippen molar-refractivity contribution in [1.29, 1.82) is 0 Å². The maximum absolute atomic E-state index is 13.7. The highest BCUT2D eigenvalue weighted by Gasteiger charge is 2.33. The topological polar surface area (TPSA) is 116 Å². The number of aromatic nitrogens is 1. The SMILES string of the molecule is C=CCOc1ccc(C2C(C(=O)OCC)=C(C)N=c3s/c(=C/c4ccc(OCC(=O)O)cc4)c(=O)n32)cc1. The summed E-state index contributed by atoms with van der Waals surface area (Å²) in [7, 11) is 0. The number of hydrogen-bond donors (Lipinski definition) is 1. The van der Waals surface area contributed by atoms with Gasteiger partial charge in [-0.25, -0.2) is 14.6 Å². The summed E-state index contributed by atoms with van der Waals surface area (Å²) < 4.78 is 18.0. The molecule has 2 heterocycles. The molecule has 0 bridgehead atoms. The summed E-state index contributed by atoms with van der Waals surface area (Å²) in [4.78, 5) is 42.4. The second-order valence-electron chi connectivity index (χ2n) is 8.22. The molecule has 1 atom stereocenters. The van der Waals surface area contributed by atoms with Gasteiger partial charge in [-0.2, -0.15) is 0 Å². The predicted octanol–water partition coefficient (Wildman–Crippen LogP) is 2.83. The molecular formula is C28H26N2O7S. The van der Waals surface area contributed by atoms with Gasteiger partial charge in [-0.05, 0) is 55.3 Å². The van der Waals surface area contributed by atoms with Crippen LogP contribution in [0.4, 0.5) is 0 Å². The van der Waals surface area contributed by atoms with E-state index in [-0.39, 0.29) is 12.2 Å².